The molecule has 0 bridgehead atoms. The predicted octanol–water partition coefficient (Wildman–Crippen LogP) is 2.26. The summed E-state index contributed by atoms with van der Waals surface area (Å²) in [6.07, 6.45) is 0. The second-order valence-electron chi connectivity index (χ2n) is 5.86. The Morgan fingerprint density at radius 1 is 1.17 bits per heavy atom. The molecule has 13 heteroatoms. The third-order valence-electron chi connectivity index (χ3n) is 3.89. The Morgan fingerprint density at radius 2 is 1.83 bits per heavy atom. The Kier molecular flexibility index (Phi) is 7.97. The van der Waals surface area contributed by atoms with Crippen molar-refractivity contribution >= 4 is 39.0 Å². The van der Waals surface area contributed by atoms with E-state index in [0.717, 1.165) is 18.2 Å². The number of alkyl halides is 1. The number of esters is 1. The van der Waals surface area contributed by atoms with E-state index in [1.165, 1.54) is 37.3 Å². The number of hydrogen-bond acceptors (Lipinski definition) is 10. The van der Waals surface area contributed by atoms with Gasteiger partial charge in [-0.1, -0.05) is 24.3 Å². The van der Waals surface area contributed by atoms with Gasteiger partial charge in [0.1, 0.15) is 10.9 Å². The molecule has 0 aliphatic carbocycles. The molecule has 0 saturated carbocycles. The number of para-hydroxylation sites is 1. The maximum Gasteiger partial charge on any atom is 0.326 e. The summed E-state index contributed by atoms with van der Waals surface area (Å²) in [7, 11) is -4.54. The van der Waals surface area contributed by atoms with Crippen molar-refractivity contribution in [2.24, 2.45) is 0 Å². The number of nitrogens with one attached hydrogen (secondary N) is 1. The fourth-order valence-corrected chi connectivity index (χ4v) is 4.29. The minimum atomic E-state index is -4.54. The molecular weight excluding hydrogens is 442 g/mol. The highest BCUT2D eigenvalue weighted by Crippen LogP contribution is 2.30. The van der Waals surface area contributed by atoms with Crippen LogP contribution in [-0.2, 0) is 19.6 Å². The number of nitrogens with zero attached hydrogens (tertiary/aromatic N) is 2. The molecule has 2 rings (SSSR count). The lowest BCUT2D eigenvalue weighted by Gasteiger charge is -2.27. The summed E-state index contributed by atoms with van der Waals surface area (Å²) in [5.41, 5.74) is -0.648. The van der Waals surface area contributed by atoms with E-state index in [4.69, 9.17) is 21.5 Å². The van der Waals surface area contributed by atoms with Crippen molar-refractivity contribution in [3.05, 3.63) is 64.5 Å². The number of carbonyl (C=O) groups is 1. The Hall–Kier alpha value is -2.45. The lowest BCUT2D eigenvalue weighted by molar-refractivity contribution is -0.145. The van der Waals surface area contributed by atoms with Gasteiger partial charge in [0.25, 0.3) is 0 Å². The fraction of sp³-hybridized carbons (Fsp3) is 0.235. The van der Waals surface area contributed by atoms with Crippen LogP contribution in [0.15, 0.2) is 53.4 Å². The van der Waals surface area contributed by atoms with E-state index in [0.29, 0.717) is 0 Å². The molecule has 0 aromatic heterocycles. The van der Waals surface area contributed by atoms with Gasteiger partial charge in [-0.2, -0.15) is 4.72 Å². The Labute approximate surface area is 177 Å². The molecule has 0 radical (unpaired) electrons. The largest absolute Gasteiger partial charge is 0.733 e. The van der Waals surface area contributed by atoms with Crippen LogP contribution in [0.25, 0.3) is 0 Å². The first kappa shape index (κ1) is 23.8. The van der Waals surface area contributed by atoms with Gasteiger partial charge < -0.3 is 25.6 Å². The molecule has 2 atom stereocenters. The molecule has 0 heterocycles. The zero-order chi connectivity index (χ0) is 22.5. The van der Waals surface area contributed by atoms with Gasteiger partial charge >= 0.3 is 5.97 Å². The van der Waals surface area contributed by atoms with Crippen LogP contribution in [-0.4, -0.2) is 37.5 Å². The van der Waals surface area contributed by atoms with Crippen molar-refractivity contribution in [2.75, 3.05) is 17.1 Å². The minimum Gasteiger partial charge on any atom is -0.733 e. The number of hydrogen-bond donors (Lipinski definition) is 3. The van der Waals surface area contributed by atoms with Gasteiger partial charge in [0.15, 0.2) is 0 Å². The number of halogens is 1. The first-order valence-corrected chi connectivity index (χ1v) is 10.3. The molecular formula is C17H18ClN3O8S-2. The lowest BCUT2D eigenvalue weighted by Crippen LogP contribution is -2.44. The normalized spacial score (nSPS) is 13.4. The van der Waals surface area contributed by atoms with Crippen molar-refractivity contribution in [3.63, 3.8) is 0 Å². The SMILES string of the molecule is CCOC(=O)C(NS(=O)(=O)c1ccccc1N([O-])O)C(Cl)c1cccc(N([O-])O)c1. The van der Waals surface area contributed by atoms with Crippen LogP contribution < -0.4 is 15.2 Å². The number of benzene rings is 2. The Bertz CT molecular complexity index is 986. The summed E-state index contributed by atoms with van der Waals surface area (Å²) in [5, 5.41) is 38.2. The van der Waals surface area contributed by atoms with Gasteiger partial charge in [0.2, 0.25) is 10.0 Å². The predicted molar refractivity (Wildman–Crippen MR) is 107 cm³/mol. The summed E-state index contributed by atoms with van der Waals surface area (Å²) in [6, 6.07) is 8.29. The summed E-state index contributed by atoms with van der Waals surface area (Å²) >= 11 is 6.32. The third kappa shape index (κ3) is 5.58. The van der Waals surface area contributed by atoms with E-state index in [1.807, 2.05) is 0 Å². The molecule has 0 saturated heterocycles. The second-order valence-corrected chi connectivity index (χ2v) is 8.01. The van der Waals surface area contributed by atoms with Gasteiger partial charge in [0.05, 0.1) is 23.4 Å². The van der Waals surface area contributed by atoms with Crippen molar-refractivity contribution in [2.45, 2.75) is 23.2 Å². The second kappa shape index (κ2) is 10.0. The number of ether oxygens (including phenoxy) is 1. The van der Waals surface area contributed by atoms with Crippen LogP contribution in [0, 0.1) is 10.4 Å². The van der Waals surface area contributed by atoms with Crippen molar-refractivity contribution < 1.29 is 28.4 Å². The molecule has 0 spiro atoms. The van der Waals surface area contributed by atoms with Crippen molar-refractivity contribution in [1.29, 1.82) is 0 Å². The molecule has 11 nitrogen and oxygen atoms in total. The van der Waals surface area contributed by atoms with Crippen LogP contribution in [0.5, 0.6) is 0 Å². The maximum atomic E-state index is 12.8. The van der Waals surface area contributed by atoms with Crippen molar-refractivity contribution in [3.8, 4) is 0 Å². The topological polar surface area (TPSA) is 166 Å². The molecule has 3 N–H and O–H groups in total. The maximum absolute atomic E-state index is 12.8. The fourth-order valence-electron chi connectivity index (χ4n) is 2.54. The first-order chi connectivity index (χ1) is 14.1. The highest BCUT2D eigenvalue weighted by molar-refractivity contribution is 7.89. The van der Waals surface area contributed by atoms with Gasteiger partial charge in [-0.15, -0.1) is 11.6 Å². The molecule has 2 unspecified atom stereocenters. The van der Waals surface area contributed by atoms with E-state index in [2.05, 4.69) is 4.72 Å². The average molecular weight is 460 g/mol. The van der Waals surface area contributed by atoms with E-state index in [1.54, 1.807) is 0 Å². The lowest BCUT2D eigenvalue weighted by atomic mass is 10.1. The number of sulfonamides is 1. The third-order valence-corrected chi connectivity index (χ3v) is 5.88. The number of carbonyl (C=O) groups excluding carboxylic acids is 1. The van der Waals surface area contributed by atoms with Crippen LogP contribution in [0.1, 0.15) is 17.9 Å². The summed E-state index contributed by atoms with van der Waals surface area (Å²) in [5.74, 6) is -1.02. The molecule has 164 valence electrons. The minimum absolute atomic E-state index is 0.0761. The van der Waals surface area contributed by atoms with Crippen LogP contribution in [0.2, 0.25) is 0 Å². The van der Waals surface area contributed by atoms with Gasteiger partial charge in [-0.3, -0.25) is 15.2 Å². The van der Waals surface area contributed by atoms with Crippen LogP contribution in [0.4, 0.5) is 11.4 Å². The van der Waals surface area contributed by atoms with E-state index >= 15 is 0 Å². The Balaban J connectivity index is 2.45. The molecule has 0 aliphatic heterocycles. The molecule has 2 aromatic rings. The zero-order valence-corrected chi connectivity index (χ0v) is 17.1. The quantitative estimate of drug-likeness (QED) is 0.287. The highest BCUT2D eigenvalue weighted by atomic mass is 35.5. The summed E-state index contributed by atoms with van der Waals surface area (Å²) in [6.45, 7) is 1.43. The monoisotopic (exact) mass is 459 g/mol. The van der Waals surface area contributed by atoms with E-state index < -0.39 is 48.4 Å². The molecule has 0 fully saturated rings. The molecule has 0 aliphatic rings. The summed E-state index contributed by atoms with van der Waals surface area (Å²) in [4.78, 5) is 11.8. The molecule has 30 heavy (non-hydrogen) atoms. The zero-order valence-electron chi connectivity index (χ0n) is 15.5. The first-order valence-electron chi connectivity index (χ1n) is 8.42. The summed E-state index contributed by atoms with van der Waals surface area (Å²) < 4.78 is 32.6. The number of rotatable bonds is 9. The smallest absolute Gasteiger partial charge is 0.326 e. The number of anilines is 2. The highest BCUT2D eigenvalue weighted by Gasteiger charge is 2.35. The van der Waals surface area contributed by atoms with E-state index in [-0.39, 0.29) is 17.9 Å². The van der Waals surface area contributed by atoms with Crippen molar-refractivity contribution in [1.82, 2.24) is 4.72 Å². The molecule has 2 aromatic carbocycles. The average Bonchev–Trinajstić information content (AvgIpc) is 2.71. The Morgan fingerprint density at radius 3 is 2.43 bits per heavy atom. The molecule has 0 amide bonds. The van der Waals surface area contributed by atoms with Gasteiger partial charge in [0, 0.05) is 0 Å². The van der Waals surface area contributed by atoms with Crippen LogP contribution in [0.3, 0.4) is 0 Å². The van der Waals surface area contributed by atoms with E-state index in [9.17, 15) is 28.8 Å². The standard InChI is InChI=1S/C17H18ClN3O8S/c1-2-29-17(22)16(15(18)11-6-5-7-12(10-11)20(23)24)19-30(27,28)14-9-4-3-8-13(14)21(25)26/h3-10,15-16,19,23,25H,2H2,1H3/q-2. The van der Waals surface area contributed by atoms with Gasteiger partial charge in [-0.05, 0) is 36.8 Å². The van der Waals surface area contributed by atoms with Gasteiger partial charge in [-0.25, -0.2) is 8.42 Å². The van der Waals surface area contributed by atoms with Crippen LogP contribution >= 0.6 is 11.6 Å².